The van der Waals surface area contributed by atoms with Gasteiger partial charge in [0.2, 0.25) is 0 Å². The van der Waals surface area contributed by atoms with Crippen molar-refractivity contribution < 1.29 is 0 Å². The van der Waals surface area contributed by atoms with Crippen molar-refractivity contribution in [1.82, 2.24) is 20.3 Å². The highest BCUT2D eigenvalue weighted by molar-refractivity contribution is 7.13. The lowest BCUT2D eigenvalue weighted by atomic mass is 9.96. The number of aryl methyl sites for hydroxylation is 2. The van der Waals surface area contributed by atoms with Crippen LogP contribution in [0.15, 0.2) is 11.4 Å². The summed E-state index contributed by atoms with van der Waals surface area (Å²) in [6.45, 7) is 6.06. The Bertz CT molecular complexity index is 589. The molecule has 20 heavy (non-hydrogen) atoms. The van der Waals surface area contributed by atoms with Crippen LogP contribution < -0.4 is 10.6 Å². The molecule has 106 valence electrons. The first-order valence-corrected chi connectivity index (χ1v) is 7.84. The van der Waals surface area contributed by atoms with Gasteiger partial charge in [-0.2, -0.15) is 0 Å². The average Bonchev–Trinajstić information content (AvgIpc) is 2.84. The molecule has 1 aliphatic heterocycles. The Balaban J connectivity index is 1.82. The molecule has 1 atom stereocenters. The van der Waals surface area contributed by atoms with Crippen molar-refractivity contribution in [2.24, 2.45) is 0 Å². The summed E-state index contributed by atoms with van der Waals surface area (Å²) < 4.78 is 0. The Labute approximate surface area is 122 Å². The molecule has 0 spiro atoms. The van der Waals surface area contributed by atoms with Gasteiger partial charge in [-0.25, -0.2) is 15.0 Å². The van der Waals surface area contributed by atoms with Gasteiger partial charge in [-0.1, -0.05) is 0 Å². The molecule has 0 amide bonds. The average molecular weight is 289 g/mol. The van der Waals surface area contributed by atoms with Crippen LogP contribution in [0, 0.1) is 13.8 Å². The number of hydrogen-bond acceptors (Lipinski definition) is 6. The Kier molecular flexibility index (Phi) is 3.93. The monoisotopic (exact) mass is 289 g/mol. The molecule has 2 aromatic heterocycles. The number of thiazole rings is 1. The minimum absolute atomic E-state index is 0.490. The van der Waals surface area contributed by atoms with Crippen LogP contribution in [0.4, 0.5) is 10.9 Å². The zero-order valence-corrected chi connectivity index (χ0v) is 12.6. The molecule has 0 saturated carbocycles. The van der Waals surface area contributed by atoms with Gasteiger partial charge in [-0.3, -0.25) is 0 Å². The van der Waals surface area contributed by atoms with E-state index >= 15 is 0 Å². The number of anilines is 2. The fraction of sp³-hybridized carbons (Fsp3) is 0.500. The molecule has 0 radical (unpaired) electrons. The number of piperidine rings is 1. The van der Waals surface area contributed by atoms with Crippen LogP contribution in [0.3, 0.4) is 0 Å². The molecule has 1 saturated heterocycles. The van der Waals surface area contributed by atoms with E-state index in [1.807, 2.05) is 19.2 Å². The second-order valence-electron chi connectivity index (χ2n) is 5.19. The highest BCUT2D eigenvalue weighted by Crippen LogP contribution is 2.25. The van der Waals surface area contributed by atoms with E-state index in [2.05, 4.69) is 31.7 Å². The van der Waals surface area contributed by atoms with Crippen molar-refractivity contribution in [1.29, 1.82) is 0 Å². The molecule has 2 aromatic rings. The van der Waals surface area contributed by atoms with Gasteiger partial charge in [-0.05, 0) is 33.2 Å². The molecule has 0 bridgehead atoms. The Morgan fingerprint density at radius 1 is 1.30 bits per heavy atom. The van der Waals surface area contributed by atoms with E-state index in [9.17, 15) is 0 Å². The van der Waals surface area contributed by atoms with Crippen LogP contribution in [-0.2, 0) is 0 Å². The van der Waals surface area contributed by atoms with E-state index in [0.717, 1.165) is 41.3 Å². The van der Waals surface area contributed by atoms with Gasteiger partial charge in [0.1, 0.15) is 11.6 Å². The first-order valence-electron chi connectivity index (χ1n) is 6.96. The number of nitrogens with zero attached hydrogens (tertiary/aromatic N) is 3. The van der Waals surface area contributed by atoms with E-state index in [1.165, 1.54) is 12.8 Å². The lowest BCUT2D eigenvalue weighted by molar-refractivity contribution is 0.453. The Hall–Kier alpha value is -1.53. The van der Waals surface area contributed by atoms with Crippen LogP contribution in [0.2, 0.25) is 0 Å². The number of hydrogen-bond donors (Lipinski definition) is 2. The highest BCUT2D eigenvalue weighted by atomic mass is 32.1. The van der Waals surface area contributed by atoms with E-state index in [1.54, 1.807) is 11.3 Å². The summed E-state index contributed by atoms with van der Waals surface area (Å²) >= 11 is 1.60. The summed E-state index contributed by atoms with van der Waals surface area (Å²) in [5, 5.41) is 9.63. The third-order valence-corrected chi connectivity index (χ3v) is 4.30. The van der Waals surface area contributed by atoms with Gasteiger partial charge >= 0.3 is 0 Å². The number of rotatable bonds is 3. The number of nitrogens with one attached hydrogen (secondary N) is 2. The van der Waals surface area contributed by atoms with Gasteiger partial charge in [0, 0.05) is 23.9 Å². The Morgan fingerprint density at radius 2 is 2.20 bits per heavy atom. The summed E-state index contributed by atoms with van der Waals surface area (Å²) in [7, 11) is 0. The fourth-order valence-corrected chi connectivity index (χ4v) is 3.18. The lowest BCUT2D eigenvalue weighted by Crippen LogP contribution is -2.29. The highest BCUT2D eigenvalue weighted by Gasteiger charge is 2.18. The normalized spacial score (nSPS) is 19.0. The van der Waals surface area contributed by atoms with Gasteiger partial charge < -0.3 is 10.6 Å². The minimum Gasteiger partial charge on any atom is -0.316 e. The summed E-state index contributed by atoms with van der Waals surface area (Å²) in [5.74, 6) is 2.14. The van der Waals surface area contributed by atoms with Gasteiger partial charge in [0.25, 0.3) is 0 Å². The van der Waals surface area contributed by atoms with Crippen LogP contribution in [0.5, 0.6) is 0 Å². The smallest absolute Gasteiger partial charge is 0.188 e. The summed E-state index contributed by atoms with van der Waals surface area (Å²) in [6, 6.07) is 2.06. The predicted molar refractivity (Wildman–Crippen MR) is 81.7 cm³/mol. The molecule has 2 N–H and O–H groups in total. The standard InChI is InChI=1S/C14H19N5S/c1-9-8-20-14(16-9)19-13-6-12(17-10(2)18-13)11-4-3-5-15-7-11/h6,8,11,15H,3-5,7H2,1-2H3,(H,16,17,18,19). The van der Waals surface area contributed by atoms with Crippen molar-refractivity contribution in [2.75, 3.05) is 18.4 Å². The molecule has 0 aliphatic carbocycles. The fourth-order valence-electron chi connectivity index (χ4n) is 2.49. The summed E-state index contributed by atoms with van der Waals surface area (Å²) in [4.78, 5) is 13.5. The maximum atomic E-state index is 4.60. The molecule has 3 heterocycles. The second kappa shape index (κ2) is 5.85. The maximum Gasteiger partial charge on any atom is 0.188 e. The van der Waals surface area contributed by atoms with E-state index in [-0.39, 0.29) is 0 Å². The molecular formula is C14H19N5S. The molecule has 1 unspecified atom stereocenters. The number of aromatic nitrogens is 3. The van der Waals surface area contributed by atoms with Gasteiger partial charge in [0.15, 0.2) is 5.13 Å². The van der Waals surface area contributed by atoms with E-state index in [4.69, 9.17) is 0 Å². The predicted octanol–water partition coefficient (Wildman–Crippen LogP) is 2.76. The topological polar surface area (TPSA) is 62.7 Å². The zero-order valence-electron chi connectivity index (χ0n) is 11.8. The SMILES string of the molecule is Cc1csc(Nc2cc(C3CCCNC3)nc(C)n2)n1. The van der Waals surface area contributed by atoms with Crippen molar-refractivity contribution >= 4 is 22.3 Å². The molecule has 6 heteroatoms. The molecule has 0 aromatic carbocycles. The Morgan fingerprint density at radius 3 is 2.90 bits per heavy atom. The van der Waals surface area contributed by atoms with E-state index in [0.29, 0.717) is 5.92 Å². The molecule has 1 aliphatic rings. The van der Waals surface area contributed by atoms with Gasteiger partial charge in [0.05, 0.1) is 11.4 Å². The third-order valence-electron chi connectivity index (χ3n) is 3.43. The third kappa shape index (κ3) is 3.13. The largest absolute Gasteiger partial charge is 0.316 e. The van der Waals surface area contributed by atoms with Crippen molar-refractivity contribution in [2.45, 2.75) is 32.6 Å². The second-order valence-corrected chi connectivity index (χ2v) is 6.05. The van der Waals surface area contributed by atoms with Gasteiger partial charge in [-0.15, -0.1) is 11.3 Å². The summed E-state index contributed by atoms with van der Waals surface area (Å²) in [5.41, 5.74) is 2.15. The molecular weight excluding hydrogens is 270 g/mol. The quantitative estimate of drug-likeness (QED) is 0.909. The molecule has 3 rings (SSSR count). The van der Waals surface area contributed by atoms with Crippen LogP contribution in [-0.4, -0.2) is 28.0 Å². The van der Waals surface area contributed by atoms with Crippen LogP contribution in [0.1, 0.15) is 36.0 Å². The van der Waals surface area contributed by atoms with Crippen molar-refractivity contribution in [3.63, 3.8) is 0 Å². The van der Waals surface area contributed by atoms with Crippen LogP contribution in [0.25, 0.3) is 0 Å². The zero-order chi connectivity index (χ0) is 13.9. The molecule has 1 fully saturated rings. The van der Waals surface area contributed by atoms with Crippen LogP contribution >= 0.6 is 11.3 Å². The maximum absolute atomic E-state index is 4.60. The van der Waals surface area contributed by atoms with Crippen molar-refractivity contribution in [3.05, 3.63) is 28.7 Å². The van der Waals surface area contributed by atoms with Crippen molar-refractivity contribution in [3.8, 4) is 0 Å². The first kappa shape index (κ1) is 13.5. The summed E-state index contributed by atoms with van der Waals surface area (Å²) in [6.07, 6.45) is 2.40. The lowest BCUT2D eigenvalue weighted by Gasteiger charge is -2.22. The van der Waals surface area contributed by atoms with E-state index < -0.39 is 0 Å². The minimum atomic E-state index is 0.490. The first-order chi connectivity index (χ1) is 9.70. The molecule has 5 nitrogen and oxygen atoms in total.